The van der Waals surface area contributed by atoms with E-state index >= 15 is 0 Å². The molecule has 102 valence electrons. The topological polar surface area (TPSA) is 57.6 Å². The van der Waals surface area contributed by atoms with Gasteiger partial charge in [0, 0.05) is 10.6 Å². The van der Waals surface area contributed by atoms with Gasteiger partial charge in [-0.3, -0.25) is 14.5 Å². The van der Waals surface area contributed by atoms with Gasteiger partial charge in [0.15, 0.2) is 0 Å². The maximum absolute atomic E-state index is 12.0. The average molecular weight is 328 g/mol. The molecule has 0 saturated carbocycles. The largest absolute Gasteiger partial charge is 0.506 e. The summed E-state index contributed by atoms with van der Waals surface area (Å²) in [5, 5.41) is 9.73. The van der Waals surface area contributed by atoms with Gasteiger partial charge in [0.05, 0.1) is 16.5 Å². The van der Waals surface area contributed by atoms with E-state index in [0.29, 0.717) is 5.02 Å². The van der Waals surface area contributed by atoms with Crippen LogP contribution >= 0.6 is 35.0 Å². The van der Waals surface area contributed by atoms with Crippen molar-refractivity contribution in [2.75, 3.05) is 6.54 Å². The third-order valence-corrected chi connectivity index (χ3v) is 3.88. The molecule has 0 atom stereocenters. The molecule has 1 fully saturated rings. The van der Waals surface area contributed by atoms with Crippen molar-refractivity contribution in [1.82, 2.24) is 4.90 Å². The number of thioether (sulfide) groups is 1. The standard InChI is InChI=1S/C13H7Cl2NO3S/c1-2-3-16-12(18)10(20-13(16)19)5-7-4-8(14)6-9(15)11(7)17/h1,4-6,17H,3H2/b10-5+. The highest BCUT2D eigenvalue weighted by Crippen LogP contribution is 2.37. The van der Waals surface area contributed by atoms with Gasteiger partial charge in [-0.05, 0) is 30.0 Å². The third kappa shape index (κ3) is 2.78. The Hall–Kier alpha value is -1.61. The fourth-order valence-corrected chi connectivity index (χ4v) is 2.90. The van der Waals surface area contributed by atoms with Crippen molar-refractivity contribution >= 4 is 52.2 Å². The van der Waals surface area contributed by atoms with Crippen LogP contribution in [0.1, 0.15) is 5.56 Å². The molecule has 2 amide bonds. The van der Waals surface area contributed by atoms with Crippen molar-refractivity contribution in [2.24, 2.45) is 0 Å². The fraction of sp³-hybridized carbons (Fsp3) is 0.0769. The normalized spacial score (nSPS) is 16.9. The van der Waals surface area contributed by atoms with Gasteiger partial charge in [0.25, 0.3) is 11.1 Å². The smallest absolute Gasteiger partial charge is 0.294 e. The first-order valence-corrected chi connectivity index (χ1v) is 6.88. The predicted octanol–water partition coefficient (Wildman–Crippen LogP) is 3.37. The first-order valence-electron chi connectivity index (χ1n) is 5.31. The Bertz CT molecular complexity index is 679. The van der Waals surface area contributed by atoms with Crippen molar-refractivity contribution in [3.8, 4) is 18.1 Å². The van der Waals surface area contributed by atoms with Gasteiger partial charge in [-0.25, -0.2) is 0 Å². The molecule has 0 aromatic heterocycles. The maximum Gasteiger partial charge on any atom is 0.294 e. The molecule has 0 aliphatic carbocycles. The number of carbonyl (C=O) groups excluding carboxylic acids is 2. The van der Waals surface area contributed by atoms with Gasteiger partial charge in [0.1, 0.15) is 5.75 Å². The van der Waals surface area contributed by atoms with Crippen molar-refractivity contribution in [2.45, 2.75) is 0 Å². The van der Waals surface area contributed by atoms with Crippen LogP contribution in [-0.2, 0) is 4.79 Å². The van der Waals surface area contributed by atoms with E-state index in [9.17, 15) is 14.7 Å². The van der Waals surface area contributed by atoms with E-state index in [1.807, 2.05) is 0 Å². The lowest BCUT2D eigenvalue weighted by molar-refractivity contribution is -0.122. The summed E-state index contributed by atoms with van der Waals surface area (Å²) in [5.41, 5.74) is 0.258. The van der Waals surface area contributed by atoms with Crippen LogP contribution in [0.25, 0.3) is 6.08 Å². The molecule has 4 nitrogen and oxygen atoms in total. The molecule has 2 rings (SSSR count). The SMILES string of the molecule is C#CCN1C(=O)S/C(=C/c2cc(Cl)cc(Cl)c2O)C1=O. The fourth-order valence-electron chi connectivity index (χ4n) is 1.56. The van der Waals surface area contributed by atoms with Gasteiger partial charge < -0.3 is 5.11 Å². The summed E-state index contributed by atoms with van der Waals surface area (Å²) in [6.45, 7) is -0.0930. The summed E-state index contributed by atoms with van der Waals surface area (Å²) >= 11 is 12.4. The highest BCUT2D eigenvalue weighted by atomic mass is 35.5. The highest BCUT2D eigenvalue weighted by Gasteiger charge is 2.34. The van der Waals surface area contributed by atoms with Crippen LogP contribution in [0.5, 0.6) is 5.75 Å². The molecule has 7 heteroatoms. The Morgan fingerprint density at radius 1 is 1.40 bits per heavy atom. The molecule has 1 saturated heterocycles. The zero-order valence-corrected chi connectivity index (χ0v) is 12.2. The van der Waals surface area contributed by atoms with Crippen molar-refractivity contribution in [1.29, 1.82) is 0 Å². The molecule has 20 heavy (non-hydrogen) atoms. The second kappa shape index (κ2) is 5.80. The molecule has 1 aromatic rings. The highest BCUT2D eigenvalue weighted by molar-refractivity contribution is 8.18. The van der Waals surface area contributed by atoms with Gasteiger partial charge >= 0.3 is 0 Å². The number of amides is 2. The molecular weight excluding hydrogens is 321 g/mol. The first kappa shape index (κ1) is 14.8. The molecule has 0 radical (unpaired) electrons. The minimum atomic E-state index is -0.506. The number of rotatable bonds is 2. The Labute approximate surface area is 129 Å². The van der Waals surface area contributed by atoms with E-state index in [1.54, 1.807) is 0 Å². The van der Waals surface area contributed by atoms with E-state index in [4.69, 9.17) is 29.6 Å². The van der Waals surface area contributed by atoms with Crippen LogP contribution in [0.4, 0.5) is 4.79 Å². The molecule has 1 N–H and O–H groups in total. The number of phenolic OH excluding ortho intramolecular Hbond substituents is 1. The summed E-state index contributed by atoms with van der Waals surface area (Å²) in [7, 11) is 0. The number of terminal acetylenes is 1. The van der Waals surface area contributed by atoms with Crippen LogP contribution in [0, 0.1) is 12.3 Å². The quantitative estimate of drug-likeness (QED) is 0.668. The summed E-state index contributed by atoms with van der Waals surface area (Å²) in [5.74, 6) is 1.52. The number of hydrogen-bond acceptors (Lipinski definition) is 4. The zero-order valence-electron chi connectivity index (χ0n) is 9.89. The summed E-state index contributed by atoms with van der Waals surface area (Å²) in [6.07, 6.45) is 6.45. The maximum atomic E-state index is 12.0. The number of aromatic hydroxyl groups is 1. The Kier molecular flexibility index (Phi) is 4.29. The Balaban J connectivity index is 2.41. The van der Waals surface area contributed by atoms with Gasteiger partial charge in [-0.2, -0.15) is 0 Å². The molecule has 1 aliphatic heterocycles. The summed E-state index contributed by atoms with van der Waals surface area (Å²) < 4.78 is 0. The van der Waals surface area contributed by atoms with E-state index in [-0.39, 0.29) is 27.8 Å². The molecule has 1 aliphatic rings. The number of imide groups is 1. The van der Waals surface area contributed by atoms with Crippen molar-refractivity contribution in [3.63, 3.8) is 0 Å². The summed E-state index contributed by atoms with van der Waals surface area (Å²) in [6, 6.07) is 2.82. The number of benzene rings is 1. The van der Waals surface area contributed by atoms with E-state index < -0.39 is 11.1 Å². The van der Waals surface area contributed by atoms with Gasteiger partial charge in [-0.15, -0.1) is 6.42 Å². The molecule has 0 spiro atoms. The number of nitrogens with zero attached hydrogens (tertiary/aromatic N) is 1. The lowest BCUT2D eigenvalue weighted by Crippen LogP contribution is -2.28. The Morgan fingerprint density at radius 3 is 2.75 bits per heavy atom. The monoisotopic (exact) mass is 327 g/mol. The van der Waals surface area contributed by atoms with Crippen molar-refractivity contribution in [3.05, 3.63) is 32.6 Å². The lowest BCUT2D eigenvalue weighted by Gasteiger charge is -2.06. The number of carbonyl (C=O) groups is 2. The molecular formula is C13H7Cl2NO3S. The van der Waals surface area contributed by atoms with Gasteiger partial charge in [0.2, 0.25) is 0 Å². The third-order valence-electron chi connectivity index (χ3n) is 2.47. The van der Waals surface area contributed by atoms with Crippen LogP contribution < -0.4 is 0 Å². The number of phenols is 1. The van der Waals surface area contributed by atoms with E-state index in [0.717, 1.165) is 16.7 Å². The average Bonchev–Trinajstić information content (AvgIpc) is 2.63. The minimum Gasteiger partial charge on any atom is -0.506 e. The molecule has 0 unspecified atom stereocenters. The Morgan fingerprint density at radius 2 is 2.10 bits per heavy atom. The van der Waals surface area contributed by atoms with Crippen LogP contribution in [0.2, 0.25) is 10.0 Å². The lowest BCUT2D eigenvalue weighted by atomic mass is 10.2. The zero-order chi connectivity index (χ0) is 14.9. The van der Waals surface area contributed by atoms with Crippen LogP contribution in [-0.4, -0.2) is 27.7 Å². The second-order valence-corrected chi connectivity index (χ2v) is 5.63. The number of hydrogen-bond donors (Lipinski definition) is 1. The molecule has 1 aromatic carbocycles. The van der Waals surface area contributed by atoms with Crippen LogP contribution in [0.15, 0.2) is 17.0 Å². The van der Waals surface area contributed by atoms with Crippen LogP contribution in [0.3, 0.4) is 0 Å². The van der Waals surface area contributed by atoms with E-state index in [2.05, 4.69) is 5.92 Å². The van der Waals surface area contributed by atoms with E-state index in [1.165, 1.54) is 18.2 Å². The van der Waals surface area contributed by atoms with Crippen molar-refractivity contribution < 1.29 is 14.7 Å². The molecule has 1 heterocycles. The predicted molar refractivity (Wildman–Crippen MR) is 79.6 cm³/mol. The second-order valence-electron chi connectivity index (χ2n) is 3.80. The number of halogens is 2. The summed E-state index contributed by atoms with van der Waals surface area (Å²) in [4.78, 5) is 24.7. The first-order chi connectivity index (χ1) is 9.43. The molecule has 0 bridgehead atoms. The minimum absolute atomic E-state index is 0.0617. The van der Waals surface area contributed by atoms with Gasteiger partial charge in [-0.1, -0.05) is 29.1 Å².